The van der Waals surface area contributed by atoms with Crippen LogP contribution in [0.1, 0.15) is 11.1 Å². The highest BCUT2D eigenvalue weighted by Crippen LogP contribution is 2.35. The maximum atomic E-state index is 13.4. The zero-order valence-electron chi connectivity index (χ0n) is 13.7. The van der Waals surface area contributed by atoms with Gasteiger partial charge in [-0.1, -0.05) is 30.3 Å². The van der Waals surface area contributed by atoms with E-state index in [-0.39, 0.29) is 12.1 Å². The second-order valence-electron chi connectivity index (χ2n) is 6.29. The Hall–Kier alpha value is -3.15. The maximum Gasteiger partial charge on any atom is 0.416 e. The topological polar surface area (TPSA) is 57.0 Å². The number of hydrogen-bond donors (Lipinski definition) is 2. The molecule has 0 spiro atoms. The first-order chi connectivity index (χ1) is 12.3. The molecule has 1 heterocycles. The number of nitrogens with zero attached hydrogens (tertiary/aromatic N) is 1. The number of benzene rings is 3. The largest absolute Gasteiger partial charge is 0.416 e. The van der Waals surface area contributed by atoms with Gasteiger partial charge in [0, 0.05) is 28.7 Å². The molecule has 4 N–H and O–H groups in total. The molecule has 0 radical (unpaired) electrons. The highest BCUT2D eigenvalue weighted by molar-refractivity contribution is 6.09. The number of alkyl halides is 3. The average Bonchev–Trinajstić information content (AvgIpc) is 2.87. The fourth-order valence-electron chi connectivity index (χ4n) is 3.40. The van der Waals surface area contributed by atoms with E-state index in [4.69, 9.17) is 11.5 Å². The van der Waals surface area contributed by atoms with Crippen molar-refractivity contribution >= 4 is 33.2 Å². The Kier molecular flexibility index (Phi) is 3.57. The molecule has 0 atom stereocenters. The van der Waals surface area contributed by atoms with Crippen LogP contribution >= 0.6 is 0 Å². The number of aromatic nitrogens is 1. The molecule has 0 aliphatic carbocycles. The van der Waals surface area contributed by atoms with Gasteiger partial charge in [0.15, 0.2) is 0 Å². The Morgan fingerprint density at radius 2 is 1.31 bits per heavy atom. The van der Waals surface area contributed by atoms with Gasteiger partial charge in [0.2, 0.25) is 0 Å². The summed E-state index contributed by atoms with van der Waals surface area (Å²) in [4.78, 5) is 0. The van der Waals surface area contributed by atoms with Gasteiger partial charge in [-0.15, -0.1) is 0 Å². The van der Waals surface area contributed by atoms with Crippen LogP contribution in [0.15, 0.2) is 60.7 Å². The van der Waals surface area contributed by atoms with Gasteiger partial charge in [-0.2, -0.15) is 13.2 Å². The molecular formula is C20H16F3N3. The zero-order valence-corrected chi connectivity index (χ0v) is 13.7. The minimum atomic E-state index is -4.41. The number of anilines is 2. The number of nitrogens with two attached hydrogens (primary N) is 2. The number of fused-ring (bicyclic) bond motifs is 3. The van der Waals surface area contributed by atoms with E-state index < -0.39 is 11.7 Å². The predicted molar refractivity (Wildman–Crippen MR) is 98.8 cm³/mol. The molecule has 0 aliphatic heterocycles. The summed E-state index contributed by atoms with van der Waals surface area (Å²) in [5.41, 5.74) is 14.1. The third kappa shape index (κ3) is 2.63. The van der Waals surface area contributed by atoms with Crippen LogP contribution in [0.2, 0.25) is 0 Å². The standard InChI is InChI=1S/C20H16F3N3/c21-20(22,23)17-4-2-1-3-12(17)11-26-18-9-13(24)5-7-15(18)16-8-6-14(25)10-19(16)26/h1-10H,11,24-25H2. The fourth-order valence-corrected chi connectivity index (χ4v) is 3.40. The molecule has 3 nitrogen and oxygen atoms in total. The Balaban J connectivity index is 1.99. The first kappa shape index (κ1) is 16.3. The summed E-state index contributed by atoms with van der Waals surface area (Å²) in [6, 6.07) is 16.5. The van der Waals surface area contributed by atoms with Crippen molar-refractivity contribution in [3.63, 3.8) is 0 Å². The summed E-state index contributed by atoms with van der Waals surface area (Å²) in [6.45, 7) is 0.0720. The fraction of sp³-hybridized carbons (Fsp3) is 0.100. The summed E-state index contributed by atoms with van der Waals surface area (Å²) in [5.74, 6) is 0. The molecule has 1 aromatic heterocycles. The van der Waals surface area contributed by atoms with Crippen LogP contribution in [0.25, 0.3) is 21.8 Å². The number of rotatable bonds is 2. The molecule has 0 aliphatic rings. The zero-order chi connectivity index (χ0) is 18.5. The van der Waals surface area contributed by atoms with E-state index in [1.54, 1.807) is 30.3 Å². The van der Waals surface area contributed by atoms with Gasteiger partial charge >= 0.3 is 6.18 Å². The number of hydrogen-bond acceptors (Lipinski definition) is 2. The molecule has 26 heavy (non-hydrogen) atoms. The summed E-state index contributed by atoms with van der Waals surface area (Å²) in [6.07, 6.45) is -4.41. The summed E-state index contributed by atoms with van der Waals surface area (Å²) in [5, 5.41) is 1.86. The molecular weight excluding hydrogens is 339 g/mol. The molecule has 3 aromatic carbocycles. The van der Waals surface area contributed by atoms with Crippen molar-refractivity contribution in [1.29, 1.82) is 0 Å². The van der Waals surface area contributed by atoms with Gasteiger partial charge in [0.05, 0.1) is 16.6 Å². The van der Waals surface area contributed by atoms with Crippen LogP contribution in [0.4, 0.5) is 24.5 Å². The first-order valence-electron chi connectivity index (χ1n) is 8.06. The lowest BCUT2D eigenvalue weighted by Crippen LogP contribution is -2.11. The van der Waals surface area contributed by atoms with Gasteiger partial charge in [-0.25, -0.2) is 0 Å². The van der Waals surface area contributed by atoms with Gasteiger partial charge in [0.1, 0.15) is 0 Å². The van der Waals surface area contributed by atoms with Crippen LogP contribution in [0, 0.1) is 0 Å². The highest BCUT2D eigenvalue weighted by Gasteiger charge is 2.33. The lowest BCUT2D eigenvalue weighted by molar-refractivity contribution is -0.138. The minimum absolute atomic E-state index is 0.0720. The summed E-state index contributed by atoms with van der Waals surface area (Å²) >= 11 is 0. The van der Waals surface area contributed by atoms with Gasteiger partial charge in [-0.3, -0.25) is 0 Å². The molecule has 0 amide bonds. The van der Waals surface area contributed by atoms with Gasteiger partial charge in [-0.05, 0) is 35.9 Å². The van der Waals surface area contributed by atoms with E-state index in [2.05, 4.69) is 0 Å². The Morgan fingerprint density at radius 1 is 0.769 bits per heavy atom. The number of nitrogen functional groups attached to an aromatic ring is 2. The molecule has 0 fully saturated rings. The van der Waals surface area contributed by atoms with E-state index in [9.17, 15) is 13.2 Å². The molecule has 132 valence electrons. The van der Waals surface area contributed by atoms with Crippen molar-refractivity contribution in [2.75, 3.05) is 11.5 Å². The lowest BCUT2D eigenvalue weighted by atomic mass is 10.1. The van der Waals surface area contributed by atoms with Crippen molar-refractivity contribution in [2.45, 2.75) is 12.7 Å². The van der Waals surface area contributed by atoms with Crippen molar-refractivity contribution in [2.24, 2.45) is 0 Å². The van der Waals surface area contributed by atoms with E-state index in [0.717, 1.165) is 27.9 Å². The summed E-state index contributed by atoms with van der Waals surface area (Å²) < 4.78 is 42.0. The molecule has 0 saturated heterocycles. The van der Waals surface area contributed by atoms with Crippen molar-refractivity contribution in [3.8, 4) is 0 Å². The predicted octanol–water partition coefficient (Wildman–Crippen LogP) is 5.03. The Labute approximate surface area is 147 Å². The lowest BCUT2D eigenvalue weighted by Gasteiger charge is -2.15. The van der Waals surface area contributed by atoms with E-state index >= 15 is 0 Å². The van der Waals surface area contributed by atoms with Crippen molar-refractivity contribution < 1.29 is 13.2 Å². The van der Waals surface area contributed by atoms with Crippen LogP contribution in [0.5, 0.6) is 0 Å². The Morgan fingerprint density at radius 3 is 1.85 bits per heavy atom. The molecule has 6 heteroatoms. The molecule has 0 bridgehead atoms. The maximum absolute atomic E-state index is 13.4. The normalized spacial score (nSPS) is 12.1. The molecule has 4 aromatic rings. The minimum Gasteiger partial charge on any atom is -0.399 e. The monoisotopic (exact) mass is 355 g/mol. The smallest absolute Gasteiger partial charge is 0.399 e. The first-order valence-corrected chi connectivity index (χ1v) is 8.06. The SMILES string of the molecule is Nc1ccc2c3ccc(N)cc3n(Cc3ccccc3C(F)(F)F)c2c1. The van der Waals surface area contributed by atoms with Crippen LogP contribution in [-0.2, 0) is 12.7 Å². The molecule has 0 saturated carbocycles. The quantitative estimate of drug-likeness (QED) is 0.496. The number of halogens is 3. The van der Waals surface area contributed by atoms with E-state index in [1.165, 1.54) is 12.1 Å². The average molecular weight is 355 g/mol. The van der Waals surface area contributed by atoms with Crippen molar-refractivity contribution in [1.82, 2.24) is 4.57 Å². The van der Waals surface area contributed by atoms with E-state index in [0.29, 0.717) is 11.4 Å². The van der Waals surface area contributed by atoms with Crippen LogP contribution in [0.3, 0.4) is 0 Å². The summed E-state index contributed by atoms with van der Waals surface area (Å²) in [7, 11) is 0. The molecule has 0 unspecified atom stereocenters. The van der Waals surface area contributed by atoms with Crippen LogP contribution in [-0.4, -0.2) is 4.57 Å². The van der Waals surface area contributed by atoms with Crippen LogP contribution < -0.4 is 11.5 Å². The second-order valence-corrected chi connectivity index (χ2v) is 6.29. The van der Waals surface area contributed by atoms with Gasteiger partial charge < -0.3 is 16.0 Å². The molecule has 4 rings (SSSR count). The Bertz CT molecular complexity index is 1070. The third-order valence-electron chi connectivity index (χ3n) is 4.57. The van der Waals surface area contributed by atoms with E-state index in [1.807, 2.05) is 16.7 Å². The second kappa shape index (κ2) is 5.69. The van der Waals surface area contributed by atoms with Crippen molar-refractivity contribution in [3.05, 3.63) is 71.8 Å². The third-order valence-corrected chi connectivity index (χ3v) is 4.57. The van der Waals surface area contributed by atoms with Gasteiger partial charge in [0.25, 0.3) is 0 Å². The highest BCUT2D eigenvalue weighted by atomic mass is 19.4.